The molecule has 1 saturated heterocycles. The Morgan fingerprint density at radius 1 is 1.05 bits per heavy atom. The molecule has 1 unspecified atom stereocenters. The zero-order valence-corrected chi connectivity index (χ0v) is 26.6. The van der Waals surface area contributed by atoms with Crippen LogP contribution in [-0.4, -0.2) is 49.9 Å². The number of carbonyl (C=O) groups is 1. The molecule has 41 heavy (non-hydrogen) atoms. The smallest absolute Gasteiger partial charge is 0.319 e. The second-order valence-electron chi connectivity index (χ2n) is 11.4. The van der Waals surface area contributed by atoms with E-state index in [2.05, 4.69) is 52.2 Å². The van der Waals surface area contributed by atoms with Crippen LogP contribution in [0.15, 0.2) is 47.3 Å². The molecule has 0 saturated carbocycles. The summed E-state index contributed by atoms with van der Waals surface area (Å²) in [5, 5.41) is 6.24. The van der Waals surface area contributed by atoms with E-state index in [0.29, 0.717) is 63.0 Å². The molecule has 1 aromatic heterocycles. The predicted molar refractivity (Wildman–Crippen MR) is 166 cm³/mol. The third-order valence-corrected chi connectivity index (χ3v) is 14.3. The van der Waals surface area contributed by atoms with Crippen molar-refractivity contribution in [2.24, 2.45) is 0 Å². The number of anilines is 1. The minimum atomic E-state index is -2.31. The number of aromatic nitrogens is 2. The molecule has 222 valence electrons. The number of fused-ring (bicyclic) bond motifs is 1. The van der Waals surface area contributed by atoms with E-state index in [-0.39, 0.29) is 12.1 Å². The quantitative estimate of drug-likeness (QED) is 0.248. The number of rotatable bonds is 10. The van der Waals surface area contributed by atoms with Gasteiger partial charge in [0.25, 0.3) is 5.56 Å². The Kier molecular flexibility index (Phi) is 9.92. The van der Waals surface area contributed by atoms with Gasteiger partial charge in [-0.2, -0.15) is 0 Å². The molecule has 11 heteroatoms. The molecule has 4 rings (SSSR count). The highest BCUT2D eigenvalue weighted by Gasteiger charge is 2.46. The molecule has 1 aliphatic rings. The van der Waals surface area contributed by atoms with Crippen LogP contribution in [0.25, 0.3) is 16.6 Å². The van der Waals surface area contributed by atoms with Crippen molar-refractivity contribution < 1.29 is 18.7 Å². The van der Waals surface area contributed by atoms with Crippen LogP contribution < -0.4 is 16.2 Å². The Morgan fingerprint density at radius 3 is 2.32 bits per heavy atom. The van der Waals surface area contributed by atoms with Gasteiger partial charge in [-0.1, -0.05) is 65.3 Å². The molecule has 1 fully saturated rings. The number of ether oxygens (including phenoxy) is 2. The van der Waals surface area contributed by atoms with Crippen molar-refractivity contribution in [2.75, 3.05) is 25.1 Å². The van der Waals surface area contributed by atoms with E-state index < -0.39 is 26.7 Å². The maximum Gasteiger partial charge on any atom is 0.319 e. The van der Waals surface area contributed by atoms with Crippen molar-refractivity contribution in [1.29, 1.82) is 0 Å². The number of hydrogen-bond donors (Lipinski definition) is 2. The first-order valence-corrected chi connectivity index (χ1v) is 16.7. The van der Waals surface area contributed by atoms with Crippen LogP contribution in [0.3, 0.4) is 0 Å². The lowest BCUT2D eigenvalue weighted by Gasteiger charge is -2.44. The Hall–Kier alpha value is -2.76. The number of nitrogens with zero attached hydrogens (tertiary/aromatic N) is 2. The van der Waals surface area contributed by atoms with Gasteiger partial charge in [0.05, 0.1) is 41.4 Å². The molecular formula is C30H41ClN4O5Si. The standard InChI is InChI=1S/C30H41ClN4O5Si/c1-18(2)41(19(3)4,20(5)6)40-21(7)28-34-25-13-9-12-24(31)27(25)29(36)35(28)23-11-8-10-22(16-23)33-30(37)32-17-26-38-14-15-39-26/h8-13,16,18-21,26H,14-15,17H2,1-7H3,(H2,32,33,37). The maximum atomic E-state index is 14.1. The number of amides is 2. The first-order valence-electron chi connectivity index (χ1n) is 14.2. The number of urea groups is 1. The molecule has 2 heterocycles. The number of nitrogens with one attached hydrogen (secondary N) is 2. The van der Waals surface area contributed by atoms with Crippen LogP contribution in [-0.2, 0) is 13.9 Å². The molecule has 0 aliphatic carbocycles. The summed E-state index contributed by atoms with van der Waals surface area (Å²) in [6.45, 7) is 16.6. The van der Waals surface area contributed by atoms with Gasteiger partial charge in [0.2, 0.25) is 8.32 Å². The lowest BCUT2D eigenvalue weighted by atomic mass is 10.2. The summed E-state index contributed by atoms with van der Waals surface area (Å²) in [5.74, 6) is 0.487. The molecule has 9 nitrogen and oxygen atoms in total. The van der Waals surface area contributed by atoms with Gasteiger partial charge >= 0.3 is 6.03 Å². The average molecular weight is 601 g/mol. The fraction of sp³-hybridized carbons (Fsp3) is 0.500. The normalized spacial score (nSPS) is 15.3. The Labute approximate surface area is 247 Å². The van der Waals surface area contributed by atoms with Crippen molar-refractivity contribution in [3.8, 4) is 5.69 Å². The number of benzene rings is 2. The molecule has 3 aromatic rings. The van der Waals surface area contributed by atoms with E-state index in [1.165, 1.54) is 0 Å². The van der Waals surface area contributed by atoms with E-state index in [1.54, 1.807) is 41.0 Å². The molecular weight excluding hydrogens is 560 g/mol. The van der Waals surface area contributed by atoms with Gasteiger partial charge in [0.15, 0.2) is 6.29 Å². The van der Waals surface area contributed by atoms with E-state index in [4.69, 9.17) is 30.5 Å². The van der Waals surface area contributed by atoms with Gasteiger partial charge in [-0.25, -0.2) is 9.78 Å². The first kappa shape index (κ1) is 31.2. The van der Waals surface area contributed by atoms with Gasteiger partial charge in [-0.05, 0) is 53.9 Å². The summed E-state index contributed by atoms with van der Waals surface area (Å²) in [5.41, 5.74) is 2.33. The summed E-state index contributed by atoms with van der Waals surface area (Å²) in [7, 11) is -2.31. The lowest BCUT2D eigenvalue weighted by Crippen LogP contribution is -2.48. The Bertz CT molecular complexity index is 1420. The zero-order valence-electron chi connectivity index (χ0n) is 24.9. The van der Waals surface area contributed by atoms with E-state index >= 15 is 0 Å². The lowest BCUT2D eigenvalue weighted by molar-refractivity contribution is -0.0369. The second kappa shape index (κ2) is 13.0. The van der Waals surface area contributed by atoms with Gasteiger partial charge in [0.1, 0.15) is 11.9 Å². The predicted octanol–water partition coefficient (Wildman–Crippen LogP) is 6.79. The van der Waals surface area contributed by atoms with Gasteiger partial charge in [-0.3, -0.25) is 9.36 Å². The SMILES string of the molecule is CC(O[Si](C(C)C)(C(C)C)C(C)C)c1nc2cccc(Cl)c2c(=O)n1-c1cccc(NC(=O)NCC2OCCO2)c1. The fourth-order valence-corrected chi connectivity index (χ4v) is 11.9. The van der Waals surface area contributed by atoms with Crippen LogP contribution in [0, 0.1) is 0 Å². The summed E-state index contributed by atoms with van der Waals surface area (Å²) in [6, 6.07) is 11.9. The van der Waals surface area contributed by atoms with Crippen molar-refractivity contribution in [1.82, 2.24) is 14.9 Å². The van der Waals surface area contributed by atoms with Crippen LogP contribution in [0.5, 0.6) is 0 Å². The van der Waals surface area contributed by atoms with E-state index in [1.807, 2.05) is 13.0 Å². The van der Waals surface area contributed by atoms with Crippen LogP contribution in [0.1, 0.15) is 60.4 Å². The molecule has 0 spiro atoms. The van der Waals surface area contributed by atoms with Crippen LogP contribution in [0.2, 0.25) is 21.6 Å². The highest BCUT2D eigenvalue weighted by atomic mass is 35.5. The zero-order chi connectivity index (χ0) is 29.9. The monoisotopic (exact) mass is 600 g/mol. The third-order valence-electron chi connectivity index (χ3n) is 7.81. The molecule has 0 bridgehead atoms. The minimum Gasteiger partial charge on any atom is -0.406 e. The topological polar surface area (TPSA) is 104 Å². The van der Waals surface area contributed by atoms with Crippen LogP contribution >= 0.6 is 11.6 Å². The number of halogens is 1. The van der Waals surface area contributed by atoms with Crippen molar-refractivity contribution in [2.45, 2.75) is 77.5 Å². The van der Waals surface area contributed by atoms with Crippen LogP contribution in [0.4, 0.5) is 10.5 Å². The molecule has 2 aromatic carbocycles. The van der Waals surface area contributed by atoms with Gasteiger partial charge in [0, 0.05) is 5.69 Å². The largest absolute Gasteiger partial charge is 0.406 e. The summed E-state index contributed by atoms with van der Waals surface area (Å²) in [6.07, 6.45) is -0.933. The molecule has 2 amide bonds. The van der Waals surface area contributed by atoms with E-state index in [9.17, 15) is 9.59 Å². The van der Waals surface area contributed by atoms with Gasteiger partial charge < -0.3 is 24.5 Å². The highest BCUT2D eigenvalue weighted by Crippen LogP contribution is 2.45. The maximum absolute atomic E-state index is 14.1. The Balaban J connectivity index is 1.76. The van der Waals surface area contributed by atoms with Crippen molar-refractivity contribution in [3.63, 3.8) is 0 Å². The second-order valence-corrected chi connectivity index (χ2v) is 17.2. The van der Waals surface area contributed by atoms with E-state index in [0.717, 1.165) is 0 Å². The summed E-state index contributed by atoms with van der Waals surface area (Å²) >= 11 is 6.51. The summed E-state index contributed by atoms with van der Waals surface area (Å²) < 4.78 is 19.4. The molecule has 1 aliphatic heterocycles. The minimum absolute atomic E-state index is 0.226. The fourth-order valence-electron chi connectivity index (χ4n) is 6.10. The molecule has 0 radical (unpaired) electrons. The third kappa shape index (κ3) is 6.52. The van der Waals surface area contributed by atoms with Gasteiger partial charge in [-0.15, -0.1) is 0 Å². The number of carbonyl (C=O) groups excluding carboxylic acids is 1. The first-order chi connectivity index (χ1) is 19.5. The average Bonchev–Trinajstić information content (AvgIpc) is 3.43. The van der Waals surface area contributed by atoms with Crippen molar-refractivity contribution in [3.05, 3.63) is 63.7 Å². The Morgan fingerprint density at radius 2 is 1.68 bits per heavy atom. The summed E-state index contributed by atoms with van der Waals surface area (Å²) in [4.78, 5) is 31.6. The van der Waals surface area contributed by atoms with Crippen molar-refractivity contribution >= 4 is 42.5 Å². The molecule has 1 atom stereocenters. The molecule has 2 N–H and O–H groups in total. The number of hydrogen-bond acceptors (Lipinski definition) is 6. The highest BCUT2D eigenvalue weighted by molar-refractivity contribution is 6.77.